The van der Waals surface area contributed by atoms with Crippen molar-refractivity contribution in [3.05, 3.63) is 40.7 Å². The summed E-state index contributed by atoms with van der Waals surface area (Å²) in [4.78, 5) is 28.6. The van der Waals surface area contributed by atoms with Crippen molar-refractivity contribution in [3.8, 4) is 5.75 Å². The van der Waals surface area contributed by atoms with Crippen molar-refractivity contribution in [3.63, 3.8) is 0 Å². The average molecular weight is 499 g/mol. The highest BCUT2D eigenvalue weighted by Gasteiger charge is 2.34. The van der Waals surface area contributed by atoms with Crippen molar-refractivity contribution >= 4 is 50.5 Å². The second-order valence-corrected chi connectivity index (χ2v) is 11.3. The standard InChI is InChI=1S/C20H23ClN4O5S2/c1-22-20(27)16-12-24(14-4-2-3-5-15(14)30-16)13-18(26)23-8-10-25(11-9-23)32(28,29)19-7-6-17(21)31-19/h2-7,16H,8-13H2,1H3,(H,22,27)/t16-/m0/s1. The first-order chi connectivity index (χ1) is 15.3. The van der Waals surface area contributed by atoms with Crippen LogP contribution in [-0.2, 0) is 19.6 Å². The Bertz CT molecular complexity index is 1110. The molecule has 2 aliphatic rings. The molecular weight excluding hydrogens is 476 g/mol. The van der Waals surface area contributed by atoms with Crippen LogP contribution < -0.4 is 15.0 Å². The number of carbonyl (C=O) groups is 2. The lowest BCUT2D eigenvalue weighted by Gasteiger charge is -2.38. The van der Waals surface area contributed by atoms with Crippen LogP contribution in [0.3, 0.4) is 0 Å². The SMILES string of the molecule is CNC(=O)[C@@H]1CN(CC(=O)N2CCN(S(=O)(=O)c3ccc(Cl)s3)CC2)c2ccccc2O1. The van der Waals surface area contributed by atoms with Gasteiger partial charge in [0.1, 0.15) is 9.96 Å². The van der Waals surface area contributed by atoms with E-state index in [1.54, 1.807) is 24.1 Å². The first-order valence-electron chi connectivity index (χ1n) is 10.0. The molecule has 4 rings (SSSR count). The summed E-state index contributed by atoms with van der Waals surface area (Å²) >= 11 is 6.90. The summed E-state index contributed by atoms with van der Waals surface area (Å²) in [5.41, 5.74) is 0.747. The molecule has 1 saturated heterocycles. The summed E-state index contributed by atoms with van der Waals surface area (Å²) in [5, 5.41) is 2.58. The summed E-state index contributed by atoms with van der Waals surface area (Å²) in [5.74, 6) is 0.156. The van der Waals surface area contributed by atoms with E-state index in [1.165, 1.54) is 10.4 Å². The van der Waals surface area contributed by atoms with Gasteiger partial charge in [-0.05, 0) is 24.3 Å². The fraction of sp³-hybridized carbons (Fsp3) is 0.400. The number of hydrogen-bond donors (Lipinski definition) is 1. The largest absolute Gasteiger partial charge is 0.477 e. The van der Waals surface area contributed by atoms with Crippen LogP contribution in [0.15, 0.2) is 40.6 Å². The van der Waals surface area contributed by atoms with Crippen LogP contribution in [0.25, 0.3) is 0 Å². The molecule has 0 radical (unpaired) electrons. The van der Waals surface area contributed by atoms with Crippen LogP contribution in [0.1, 0.15) is 0 Å². The highest BCUT2D eigenvalue weighted by Crippen LogP contribution is 2.33. The molecule has 32 heavy (non-hydrogen) atoms. The van der Waals surface area contributed by atoms with Gasteiger partial charge in [0.15, 0.2) is 6.10 Å². The van der Waals surface area contributed by atoms with Gasteiger partial charge in [-0.2, -0.15) is 4.31 Å². The summed E-state index contributed by atoms with van der Waals surface area (Å²) in [6.07, 6.45) is -0.720. The molecule has 1 atom stereocenters. The van der Waals surface area contributed by atoms with Crippen LogP contribution in [0.2, 0.25) is 4.34 Å². The molecule has 2 amide bonds. The molecule has 1 fully saturated rings. The van der Waals surface area contributed by atoms with Crippen LogP contribution in [0.4, 0.5) is 5.69 Å². The van der Waals surface area contributed by atoms with Crippen LogP contribution >= 0.6 is 22.9 Å². The lowest BCUT2D eigenvalue weighted by atomic mass is 10.1. The van der Waals surface area contributed by atoms with Gasteiger partial charge in [-0.25, -0.2) is 8.42 Å². The Morgan fingerprint density at radius 3 is 2.53 bits per heavy atom. The van der Waals surface area contributed by atoms with Crippen molar-refractivity contribution in [2.75, 3.05) is 51.2 Å². The van der Waals surface area contributed by atoms with E-state index in [4.69, 9.17) is 16.3 Å². The highest BCUT2D eigenvalue weighted by atomic mass is 35.5. The number of rotatable bonds is 5. The summed E-state index contributed by atoms with van der Waals surface area (Å²) in [7, 11) is -2.08. The number of para-hydroxylation sites is 2. The van der Waals surface area contributed by atoms with E-state index < -0.39 is 16.1 Å². The lowest BCUT2D eigenvalue weighted by Crippen LogP contribution is -2.54. The van der Waals surface area contributed by atoms with Crippen molar-refractivity contribution in [2.45, 2.75) is 10.3 Å². The molecule has 9 nitrogen and oxygen atoms in total. The summed E-state index contributed by atoms with van der Waals surface area (Å²) in [6.45, 7) is 1.33. The van der Waals surface area contributed by atoms with E-state index in [-0.39, 0.29) is 42.2 Å². The van der Waals surface area contributed by atoms with E-state index >= 15 is 0 Å². The number of halogens is 1. The molecule has 1 aromatic carbocycles. The lowest BCUT2D eigenvalue weighted by molar-refractivity contribution is -0.131. The summed E-state index contributed by atoms with van der Waals surface area (Å²) < 4.78 is 33.3. The number of ether oxygens (including phenoxy) is 1. The minimum absolute atomic E-state index is 0.0706. The number of amides is 2. The highest BCUT2D eigenvalue weighted by molar-refractivity contribution is 7.91. The topological polar surface area (TPSA) is 99.3 Å². The van der Waals surface area contributed by atoms with Gasteiger partial charge in [0.05, 0.1) is 23.1 Å². The molecule has 12 heteroatoms. The number of sulfonamides is 1. The molecule has 1 N–H and O–H groups in total. The fourth-order valence-electron chi connectivity index (χ4n) is 3.76. The molecule has 0 spiro atoms. The van der Waals surface area contributed by atoms with Gasteiger partial charge in [-0.3, -0.25) is 9.59 Å². The number of likely N-dealkylation sites (N-methyl/N-ethyl adjacent to an activating group) is 1. The third-order valence-electron chi connectivity index (χ3n) is 5.46. The second-order valence-electron chi connectivity index (χ2n) is 7.41. The summed E-state index contributed by atoms with van der Waals surface area (Å²) in [6, 6.07) is 10.3. The number of nitrogens with zero attached hydrogens (tertiary/aromatic N) is 3. The maximum Gasteiger partial charge on any atom is 0.262 e. The predicted octanol–water partition coefficient (Wildman–Crippen LogP) is 1.25. The van der Waals surface area contributed by atoms with Gasteiger partial charge >= 0.3 is 0 Å². The quantitative estimate of drug-likeness (QED) is 0.666. The molecule has 172 valence electrons. The second kappa shape index (κ2) is 9.26. The van der Waals surface area contributed by atoms with Gasteiger partial charge < -0.3 is 19.9 Å². The first kappa shape index (κ1) is 22.8. The van der Waals surface area contributed by atoms with E-state index in [2.05, 4.69) is 5.32 Å². The first-order valence-corrected chi connectivity index (χ1v) is 12.7. The molecule has 3 heterocycles. The van der Waals surface area contributed by atoms with Gasteiger partial charge in [0, 0.05) is 33.2 Å². The normalized spacial score (nSPS) is 19.2. The number of piperazine rings is 1. The minimum Gasteiger partial charge on any atom is -0.477 e. The smallest absolute Gasteiger partial charge is 0.262 e. The van der Waals surface area contributed by atoms with Gasteiger partial charge in [-0.1, -0.05) is 23.7 Å². The fourth-order valence-corrected chi connectivity index (χ4v) is 6.82. The predicted molar refractivity (Wildman–Crippen MR) is 122 cm³/mol. The van der Waals surface area contributed by atoms with Gasteiger partial charge in [0.25, 0.3) is 15.9 Å². The van der Waals surface area contributed by atoms with Crippen molar-refractivity contribution in [1.29, 1.82) is 0 Å². The zero-order chi connectivity index (χ0) is 22.9. The number of fused-ring (bicyclic) bond motifs is 1. The molecule has 0 aliphatic carbocycles. The molecule has 0 bridgehead atoms. The molecule has 0 saturated carbocycles. The van der Waals surface area contributed by atoms with E-state index in [1.807, 2.05) is 23.1 Å². The molecule has 1 aromatic heterocycles. The molecule has 2 aromatic rings. The number of nitrogens with one attached hydrogen (secondary N) is 1. The van der Waals surface area contributed by atoms with Crippen LogP contribution in [0.5, 0.6) is 5.75 Å². The Kier molecular flexibility index (Phi) is 6.61. The van der Waals surface area contributed by atoms with E-state index in [0.29, 0.717) is 23.2 Å². The van der Waals surface area contributed by atoms with Crippen LogP contribution in [-0.4, -0.2) is 81.9 Å². The monoisotopic (exact) mass is 498 g/mol. The Balaban J connectivity index is 1.41. The van der Waals surface area contributed by atoms with Gasteiger partial charge in [0.2, 0.25) is 5.91 Å². The number of carbonyl (C=O) groups excluding carboxylic acids is 2. The van der Waals surface area contributed by atoms with Gasteiger partial charge in [-0.15, -0.1) is 11.3 Å². The zero-order valence-electron chi connectivity index (χ0n) is 17.4. The van der Waals surface area contributed by atoms with Crippen molar-refractivity contribution < 1.29 is 22.7 Å². The number of hydrogen-bond acceptors (Lipinski definition) is 7. The van der Waals surface area contributed by atoms with Crippen molar-refractivity contribution in [1.82, 2.24) is 14.5 Å². The van der Waals surface area contributed by atoms with Crippen LogP contribution in [0, 0.1) is 0 Å². The zero-order valence-corrected chi connectivity index (χ0v) is 19.8. The minimum atomic E-state index is -3.62. The number of anilines is 1. The molecule has 0 unspecified atom stereocenters. The maximum atomic E-state index is 13.0. The Morgan fingerprint density at radius 2 is 1.88 bits per heavy atom. The third kappa shape index (κ3) is 4.56. The Labute approximate surface area is 195 Å². The Morgan fingerprint density at radius 1 is 1.16 bits per heavy atom. The number of thiophene rings is 1. The average Bonchev–Trinajstić information content (AvgIpc) is 3.25. The van der Waals surface area contributed by atoms with E-state index in [0.717, 1.165) is 17.0 Å². The third-order valence-corrected chi connectivity index (χ3v) is 9.06. The number of benzene rings is 1. The maximum absolute atomic E-state index is 13.0. The molecular formula is C20H23ClN4O5S2. The van der Waals surface area contributed by atoms with Crippen molar-refractivity contribution in [2.24, 2.45) is 0 Å². The molecule has 2 aliphatic heterocycles. The van der Waals surface area contributed by atoms with E-state index in [9.17, 15) is 18.0 Å². The Hall–Kier alpha value is -2.34.